The van der Waals surface area contributed by atoms with Crippen LogP contribution in [0.3, 0.4) is 0 Å². The molecule has 0 atom stereocenters. The highest BCUT2D eigenvalue weighted by molar-refractivity contribution is 5.54. The van der Waals surface area contributed by atoms with E-state index in [1.54, 1.807) is 14.2 Å². The summed E-state index contributed by atoms with van der Waals surface area (Å²) in [5.41, 5.74) is 8.48. The Morgan fingerprint density at radius 1 is 1.17 bits per heavy atom. The number of rotatable bonds is 4. The topological polar surface area (TPSA) is 44.5 Å². The SMILES string of the molecule is COc1ccc(C2(N)CCC2)c(OC)c1C(C)C. The molecular formula is C15H23NO2. The minimum absolute atomic E-state index is 0.207. The normalized spacial score (nSPS) is 17.4. The third kappa shape index (κ3) is 1.97. The number of ether oxygens (including phenoxy) is 2. The molecule has 2 N–H and O–H groups in total. The summed E-state index contributed by atoms with van der Waals surface area (Å²) in [6, 6.07) is 4.07. The van der Waals surface area contributed by atoms with Gasteiger partial charge in [0, 0.05) is 16.7 Å². The van der Waals surface area contributed by atoms with Gasteiger partial charge in [0.05, 0.1) is 14.2 Å². The maximum Gasteiger partial charge on any atom is 0.131 e. The molecule has 1 aromatic rings. The predicted octanol–water partition coefficient (Wildman–Crippen LogP) is 3.17. The van der Waals surface area contributed by atoms with Crippen LogP contribution in [0.1, 0.15) is 50.2 Å². The van der Waals surface area contributed by atoms with Gasteiger partial charge in [-0.15, -0.1) is 0 Å². The summed E-state index contributed by atoms with van der Waals surface area (Å²) >= 11 is 0. The first-order chi connectivity index (χ1) is 8.53. The molecule has 2 rings (SSSR count). The molecule has 0 bridgehead atoms. The highest BCUT2D eigenvalue weighted by atomic mass is 16.5. The Morgan fingerprint density at radius 3 is 2.22 bits per heavy atom. The molecule has 1 saturated carbocycles. The molecule has 0 radical (unpaired) electrons. The van der Waals surface area contributed by atoms with Crippen LogP contribution in [0.5, 0.6) is 11.5 Å². The fraction of sp³-hybridized carbons (Fsp3) is 0.600. The van der Waals surface area contributed by atoms with Gasteiger partial charge >= 0.3 is 0 Å². The quantitative estimate of drug-likeness (QED) is 0.891. The summed E-state index contributed by atoms with van der Waals surface area (Å²) in [6.45, 7) is 4.29. The van der Waals surface area contributed by atoms with E-state index < -0.39 is 0 Å². The van der Waals surface area contributed by atoms with E-state index in [-0.39, 0.29) is 5.54 Å². The molecule has 1 fully saturated rings. The Kier molecular flexibility index (Phi) is 3.53. The van der Waals surface area contributed by atoms with Crippen LogP contribution in [0.25, 0.3) is 0 Å². The van der Waals surface area contributed by atoms with E-state index in [4.69, 9.17) is 15.2 Å². The fourth-order valence-electron chi connectivity index (χ4n) is 2.75. The first-order valence-electron chi connectivity index (χ1n) is 6.57. The van der Waals surface area contributed by atoms with E-state index in [9.17, 15) is 0 Å². The second-order valence-corrected chi connectivity index (χ2v) is 5.43. The van der Waals surface area contributed by atoms with Crippen LogP contribution in [-0.2, 0) is 5.54 Å². The van der Waals surface area contributed by atoms with E-state index in [1.807, 2.05) is 6.07 Å². The Balaban J connectivity index is 2.58. The second-order valence-electron chi connectivity index (χ2n) is 5.43. The number of nitrogens with two attached hydrogens (primary N) is 1. The smallest absolute Gasteiger partial charge is 0.131 e. The van der Waals surface area contributed by atoms with Crippen LogP contribution in [0, 0.1) is 0 Å². The van der Waals surface area contributed by atoms with Gasteiger partial charge in [0.25, 0.3) is 0 Å². The van der Waals surface area contributed by atoms with Gasteiger partial charge in [0.1, 0.15) is 11.5 Å². The van der Waals surface area contributed by atoms with Crippen molar-refractivity contribution in [1.29, 1.82) is 0 Å². The lowest BCUT2D eigenvalue weighted by atomic mass is 9.71. The van der Waals surface area contributed by atoms with Gasteiger partial charge in [-0.25, -0.2) is 0 Å². The van der Waals surface area contributed by atoms with Gasteiger partial charge < -0.3 is 15.2 Å². The molecule has 0 heterocycles. The van der Waals surface area contributed by atoms with Gasteiger partial charge in [-0.05, 0) is 37.3 Å². The summed E-state index contributed by atoms with van der Waals surface area (Å²) < 4.78 is 11.1. The zero-order chi connectivity index (χ0) is 13.3. The van der Waals surface area contributed by atoms with Crippen molar-refractivity contribution in [2.75, 3.05) is 14.2 Å². The van der Waals surface area contributed by atoms with Crippen molar-refractivity contribution in [3.8, 4) is 11.5 Å². The van der Waals surface area contributed by atoms with Crippen molar-refractivity contribution in [1.82, 2.24) is 0 Å². The van der Waals surface area contributed by atoms with E-state index in [1.165, 1.54) is 6.42 Å². The van der Waals surface area contributed by atoms with Crippen molar-refractivity contribution in [3.63, 3.8) is 0 Å². The number of benzene rings is 1. The van der Waals surface area contributed by atoms with Crippen molar-refractivity contribution >= 4 is 0 Å². The molecule has 18 heavy (non-hydrogen) atoms. The van der Waals surface area contributed by atoms with Gasteiger partial charge in [-0.3, -0.25) is 0 Å². The second kappa shape index (κ2) is 4.81. The van der Waals surface area contributed by atoms with Crippen LogP contribution in [0.4, 0.5) is 0 Å². The monoisotopic (exact) mass is 249 g/mol. The van der Waals surface area contributed by atoms with E-state index in [2.05, 4.69) is 19.9 Å². The lowest BCUT2D eigenvalue weighted by Crippen LogP contribution is -2.43. The highest BCUT2D eigenvalue weighted by Gasteiger charge is 2.38. The van der Waals surface area contributed by atoms with Gasteiger partial charge in [0.2, 0.25) is 0 Å². The van der Waals surface area contributed by atoms with Crippen molar-refractivity contribution in [2.45, 2.75) is 44.6 Å². The standard InChI is InChI=1S/C15H23NO2/c1-10(2)13-12(17-3)7-6-11(14(13)18-4)15(16)8-5-9-15/h6-7,10H,5,8-9,16H2,1-4H3. The van der Waals surface area contributed by atoms with Crippen LogP contribution >= 0.6 is 0 Å². The first kappa shape index (κ1) is 13.2. The first-order valence-corrected chi connectivity index (χ1v) is 6.57. The minimum Gasteiger partial charge on any atom is -0.496 e. The molecule has 0 aliphatic heterocycles. The molecule has 0 aromatic heterocycles. The summed E-state index contributed by atoms with van der Waals surface area (Å²) in [5.74, 6) is 2.14. The third-order valence-electron chi connectivity index (χ3n) is 3.94. The molecule has 1 aliphatic rings. The molecule has 3 nitrogen and oxygen atoms in total. The molecular weight excluding hydrogens is 226 g/mol. The fourth-order valence-corrected chi connectivity index (χ4v) is 2.75. The van der Waals surface area contributed by atoms with Gasteiger partial charge in [0.15, 0.2) is 0 Å². The highest BCUT2D eigenvalue weighted by Crippen LogP contribution is 2.47. The van der Waals surface area contributed by atoms with Crippen molar-refractivity contribution < 1.29 is 9.47 Å². The molecule has 100 valence electrons. The Hall–Kier alpha value is -1.22. The van der Waals surface area contributed by atoms with Crippen molar-refractivity contribution in [3.05, 3.63) is 23.3 Å². The Morgan fingerprint density at radius 2 is 1.83 bits per heavy atom. The van der Waals surface area contributed by atoms with Crippen LogP contribution < -0.4 is 15.2 Å². The van der Waals surface area contributed by atoms with E-state index in [0.717, 1.165) is 35.5 Å². The third-order valence-corrected chi connectivity index (χ3v) is 3.94. The lowest BCUT2D eigenvalue weighted by Gasteiger charge is -2.40. The summed E-state index contributed by atoms with van der Waals surface area (Å²) in [4.78, 5) is 0. The largest absolute Gasteiger partial charge is 0.496 e. The summed E-state index contributed by atoms with van der Waals surface area (Å²) in [5, 5.41) is 0. The predicted molar refractivity (Wildman–Crippen MR) is 73.4 cm³/mol. The summed E-state index contributed by atoms with van der Waals surface area (Å²) in [7, 11) is 3.41. The van der Waals surface area contributed by atoms with E-state index in [0.29, 0.717) is 5.92 Å². The van der Waals surface area contributed by atoms with Gasteiger partial charge in [-0.2, -0.15) is 0 Å². The molecule has 1 aromatic carbocycles. The van der Waals surface area contributed by atoms with Crippen molar-refractivity contribution in [2.24, 2.45) is 5.73 Å². The maximum atomic E-state index is 6.44. The number of methoxy groups -OCH3 is 2. The lowest BCUT2D eigenvalue weighted by molar-refractivity contribution is 0.242. The van der Waals surface area contributed by atoms with Gasteiger partial charge in [-0.1, -0.05) is 13.8 Å². The molecule has 0 unspecified atom stereocenters. The zero-order valence-corrected chi connectivity index (χ0v) is 11.7. The van der Waals surface area contributed by atoms with Crippen LogP contribution in [-0.4, -0.2) is 14.2 Å². The maximum absolute atomic E-state index is 6.44. The molecule has 1 aliphatic carbocycles. The number of hydrogen-bond donors (Lipinski definition) is 1. The Labute approximate surface area is 109 Å². The number of hydrogen-bond acceptors (Lipinski definition) is 3. The molecule has 0 spiro atoms. The molecule has 0 saturated heterocycles. The average molecular weight is 249 g/mol. The zero-order valence-electron chi connectivity index (χ0n) is 11.7. The summed E-state index contributed by atoms with van der Waals surface area (Å²) in [6.07, 6.45) is 3.27. The van der Waals surface area contributed by atoms with Crippen LogP contribution in [0.2, 0.25) is 0 Å². The molecule has 0 amide bonds. The average Bonchev–Trinajstić information content (AvgIpc) is 2.33. The Bertz CT molecular complexity index is 436. The van der Waals surface area contributed by atoms with E-state index >= 15 is 0 Å². The minimum atomic E-state index is -0.207. The molecule has 3 heteroatoms. The van der Waals surface area contributed by atoms with Crippen LogP contribution in [0.15, 0.2) is 12.1 Å².